The zero-order valence-corrected chi connectivity index (χ0v) is 10.2. The normalized spacial score (nSPS) is 26.4. The summed E-state index contributed by atoms with van der Waals surface area (Å²) in [6, 6.07) is 0. The summed E-state index contributed by atoms with van der Waals surface area (Å²) in [5.74, 6) is -0.407. The van der Waals surface area contributed by atoms with Crippen LogP contribution < -0.4 is 0 Å². The van der Waals surface area contributed by atoms with Gasteiger partial charge in [-0.1, -0.05) is 12.2 Å². The minimum Gasteiger partial charge on any atom is -0.464 e. The molecular formula is C8H13NO3S2. The Balaban J connectivity index is 3.30. The lowest BCUT2D eigenvalue weighted by Crippen LogP contribution is -2.39. The first-order valence-corrected chi connectivity index (χ1v) is 6.84. The van der Waals surface area contributed by atoms with Gasteiger partial charge < -0.3 is 5.11 Å². The highest BCUT2D eigenvalue weighted by Gasteiger charge is 2.55. The maximum Gasteiger partial charge on any atom is 0.419 e. The minimum atomic E-state index is -1.52. The molecule has 0 saturated carbocycles. The fraction of sp³-hybridized carbons (Fsp3) is 0.625. The Hall–Kier alpha value is -0.620. The summed E-state index contributed by atoms with van der Waals surface area (Å²) in [6.45, 7) is 3.50. The smallest absolute Gasteiger partial charge is 0.419 e. The number of hydrogen-bond donors (Lipinski definition) is 1. The number of hydrogen-bond acceptors (Lipinski definition) is 3. The molecule has 1 heterocycles. The molecular weight excluding hydrogens is 222 g/mol. The van der Waals surface area contributed by atoms with E-state index in [4.69, 9.17) is 17.3 Å². The molecule has 0 aromatic carbocycles. The monoisotopic (exact) mass is 235 g/mol. The van der Waals surface area contributed by atoms with Gasteiger partial charge in [-0.05, 0) is 26.4 Å². The van der Waals surface area contributed by atoms with Gasteiger partial charge in [0.15, 0.2) is 0 Å². The second kappa shape index (κ2) is 2.93. The van der Waals surface area contributed by atoms with Crippen molar-refractivity contribution >= 4 is 38.6 Å². The molecule has 6 heteroatoms. The average molecular weight is 235 g/mol. The molecule has 2 amide bonds. The molecule has 1 fully saturated rings. The van der Waals surface area contributed by atoms with Crippen LogP contribution in [-0.4, -0.2) is 43.6 Å². The van der Waals surface area contributed by atoms with Crippen LogP contribution in [0.25, 0.3) is 0 Å². The highest BCUT2D eigenvalue weighted by Crippen LogP contribution is 2.60. The van der Waals surface area contributed by atoms with Crippen molar-refractivity contribution in [2.24, 2.45) is 0 Å². The van der Waals surface area contributed by atoms with Crippen LogP contribution in [0.15, 0.2) is 0 Å². The fourth-order valence-electron chi connectivity index (χ4n) is 1.18. The number of nitrogens with zero attached hydrogens (tertiary/aromatic N) is 1. The molecule has 1 N–H and O–H groups in total. The summed E-state index contributed by atoms with van der Waals surface area (Å²) in [5, 5.41) is 8.85. The van der Waals surface area contributed by atoms with Crippen LogP contribution in [0.4, 0.5) is 4.79 Å². The van der Waals surface area contributed by atoms with Crippen molar-refractivity contribution in [3.05, 3.63) is 0 Å². The summed E-state index contributed by atoms with van der Waals surface area (Å²) < 4.78 is -0.414. The number of rotatable bonds is 0. The van der Waals surface area contributed by atoms with Crippen LogP contribution in [0.2, 0.25) is 0 Å². The Labute approximate surface area is 89.6 Å². The molecule has 0 spiro atoms. The predicted molar refractivity (Wildman–Crippen MR) is 61.0 cm³/mol. The molecule has 0 aromatic rings. The topological polar surface area (TPSA) is 57.6 Å². The Morgan fingerprint density at radius 2 is 1.93 bits per heavy atom. The van der Waals surface area contributed by atoms with Crippen molar-refractivity contribution in [1.29, 1.82) is 0 Å². The van der Waals surface area contributed by atoms with Gasteiger partial charge >= 0.3 is 6.09 Å². The van der Waals surface area contributed by atoms with Gasteiger partial charge in [0.25, 0.3) is 5.91 Å². The average Bonchev–Trinajstić information content (AvgIpc) is 2.12. The van der Waals surface area contributed by atoms with Crippen LogP contribution in [0.5, 0.6) is 0 Å². The van der Waals surface area contributed by atoms with E-state index >= 15 is 0 Å². The molecule has 1 rings (SSSR count). The zero-order valence-electron chi connectivity index (χ0n) is 8.53. The van der Waals surface area contributed by atoms with E-state index < -0.39 is 26.8 Å². The summed E-state index contributed by atoms with van der Waals surface area (Å²) >= 11 is 5.04. The maximum atomic E-state index is 11.8. The molecule has 1 saturated heterocycles. The minimum absolute atomic E-state index is 0.264. The van der Waals surface area contributed by atoms with E-state index in [1.54, 1.807) is 13.8 Å². The van der Waals surface area contributed by atoms with Gasteiger partial charge in [-0.25, -0.2) is 4.79 Å². The molecule has 1 aliphatic heterocycles. The van der Waals surface area contributed by atoms with Crippen LogP contribution in [0.1, 0.15) is 13.8 Å². The molecule has 14 heavy (non-hydrogen) atoms. The third-order valence-electron chi connectivity index (χ3n) is 2.80. The Morgan fingerprint density at radius 1 is 1.50 bits per heavy atom. The Bertz CT molecular complexity index is 309. The molecule has 0 radical (unpaired) electrons. The van der Waals surface area contributed by atoms with Gasteiger partial charge in [0, 0.05) is 0 Å². The van der Waals surface area contributed by atoms with Crippen LogP contribution in [0, 0.1) is 0 Å². The standard InChI is InChI=1S/C8H13NO3S2/c1-8(2)5(10)9(6(11)12)7(13)14(8,3)4/h1-4H3,(H,11,12). The van der Waals surface area contributed by atoms with Crippen molar-refractivity contribution in [2.75, 3.05) is 12.5 Å². The van der Waals surface area contributed by atoms with Crippen molar-refractivity contribution in [2.45, 2.75) is 18.6 Å². The molecule has 4 nitrogen and oxygen atoms in total. The van der Waals surface area contributed by atoms with Crippen LogP contribution >= 0.6 is 22.2 Å². The first kappa shape index (κ1) is 11.5. The number of imide groups is 1. The van der Waals surface area contributed by atoms with E-state index in [0.29, 0.717) is 4.90 Å². The van der Waals surface area contributed by atoms with Gasteiger partial charge in [-0.2, -0.15) is 14.9 Å². The van der Waals surface area contributed by atoms with Gasteiger partial charge in [-0.3, -0.25) is 4.79 Å². The predicted octanol–water partition coefficient (Wildman–Crippen LogP) is 1.63. The Kier molecular flexibility index (Phi) is 2.40. The number of carbonyl (C=O) groups excluding carboxylic acids is 1. The van der Waals surface area contributed by atoms with Gasteiger partial charge in [0.05, 0.1) is 4.75 Å². The molecule has 1 aliphatic rings. The maximum absolute atomic E-state index is 11.8. The second-order valence-corrected chi connectivity index (χ2v) is 8.73. The molecule has 80 valence electrons. The van der Waals surface area contributed by atoms with Crippen LogP contribution in [0.3, 0.4) is 0 Å². The summed E-state index contributed by atoms with van der Waals surface area (Å²) in [6.07, 6.45) is 2.47. The number of thiocarbonyl (C=S) groups is 1. The SMILES string of the molecule is CC1(C)C(=O)N(C(=O)O)C(=S)S1(C)C. The molecule has 0 aliphatic carbocycles. The molecule has 0 atom stereocenters. The number of carbonyl (C=O) groups is 2. The Morgan fingerprint density at radius 3 is 2.07 bits per heavy atom. The van der Waals surface area contributed by atoms with Crippen molar-refractivity contribution in [3.8, 4) is 0 Å². The lowest BCUT2D eigenvalue weighted by Gasteiger charge is -2.36. The van der Waals surface area contributed by atoms with Gasteiger partial charge in [0.1, 0.15) is 4.32 Å². The quantitative estimate of drug-likeness (QED) is 0.648. The van der Waals surface area contributed by atoms with E-state index in [0.717, 1.165) is 0 Å². The molecule has 0 aromatic heterocycles. The van der Waals surface area contributed by atoms with E-state index in [9.17, 15) is 9.59 Å². The van der Waals surface area contributed by atoms with Crippen molar-refractivity contribution < 1.29 is 14.7 Å². The summed E-state index contributed by atoms with van der Waals surface area (Å²) in [7, 11) is -1.52. The van der Waals surface area contributed by atoms with Gasteiger partial charge in [-0.15, -0.1) is 0 Å². The van der Waals surface area contributed by atoms with Gasteiger partial charge in [0.2, 0.25) is 0 Å². The summed E-state index contributed by atoms with van der Waals surface area (Å²) in [4.78, 5) is 23.3. The lowest BCUT2D eigenvalue weighted by molar-refractivity contribution is -0.126. The molecule has 0 bridgehead atoms. The number of carboxylic acid groups (broad SMARTS) is 1. The van der Waals surface area contributed by atoms with E-state index in [-0.39, 0.29) is 4.32 Å². The van der Waals surface area contributed by atoms with Crippen molar-refractivity contribution in [3.63, 3.8) is 0 Å². The summed E-state index contributed by atoms with van der Waals surface area (Å²) in [5.41, 5.74) is 0. The second-order valence-electron chi connectivity index (χ2n) is 4.03. The van der Waals surface area contributed by atoms with Crippen molar-refractivity contribution in [1.82, 2.24) is 4.90 Å². The third kappa shape index (κ3) is 1.17. The van der Waals surface area contributed by atoms with E-state index in [2.05, 4.69) is 0 Å². The first-order chi connectivity index (χ1) is 6.14. The largest absolute Gasteiger partial charge is 0.464 e. The van der Waals surface area contributed by atoms with Crippen LogP contribution in [-0.2, 0) is 4.79 Å². The fourth-order valence-corrected chi connectivity index (χ4v) is 3.55. The lowest BCUT2D eigenvalue weighted by atomic mass is 10.2. The molecule has 0 unspecified atom stereocenters. The zero-order chi connectivity index (χ0) is 11.3. The third-order valence-corrected chi connectivity index (χ3v) is 8.02. The van der Waals surface area contributed by atoms with E-state index in [1.165, 1.54) is 0 Å². The highest BCUT2D eigenvalue weighted by molar-refractivity contribution is 8.50. The number of amides is 2. The first-order valence-electron chi connectivity index (χ1n) is 3.98. The van der Waals surface area contributed by atoms with E-state index in [1.807, 2.05) is 12.5 Å². The highest BCUT2D eigenvalue weighted by atomic mass is 32.3.